The van der Waals surface area contributed by atoms with Crippen LogP contribution in [0.1, 0.15) is 24.2 Å². The maximum atomic E-state index is 12.5. The lowest BCUT2D eigenvalue weighted by atomic mass is 10.2. The number of hydrogen-bond donors (Lipinski definition) is 1. The van der Waals surface area contributed by atoms with Gasteiger partial charge in [-0.25, -0.2) is 4.68 Å². The first-order valence-electron chi connectivity index (χ1n) is 9.77. The number of hydrogen-bond acceptors (Lipinski definition) is 6. The summed E-state index contributed by atoms with van der Waals surface area (Å²) in [5.74, 6) is 1.13. The van der Waals surface area contributed by atoms with Gasteiger partial charge in [-0.2, -0.15) is 4.98 Å². The summed E-state index contributed by atoms with van der Waals surface area (Å²) in [6.07, 6.45) is -0.0266. The Balaban J connectivity index is 1.58. The molecule has 2 aromatic heterocycles. The number of nitrogens with zero attached hydrogens (tertiary/aromatic N) is 3. The molecule has 1 amide bonds. The predicted molar refractivity (Wildman–Crippen MR) is 121 cm³/mol. The monoisotopic (exact) mass is 434 g/mol. The van der Waals surface area contributed by atoms with Gasteiger partial charge in [-0.05, 0) is 67.8 Å². The van der Waals surface area contributed by atoms with Crippen LogP contribution in [0.3, 0.4) is 0 Å². The predicted octanol–water partition coefficient (Wildman–Crippen LogP) is 5.04. The molecule has 0 aliphatic rings. The van der Waals surface area contributed by atoms with Crippen molar-refractivity contribution in [2.75, 3.05) is 12.4 Å². The molecular formula is C23H22N4O3S. The summed E-state index contributed by atoms with van der Waals surface area (Å²) in [6.45, 7) is 3.87. The second-order valence-corrected chi connectivity index (χ2v) is 7.95. The number of carbonyl (C=O) groups is 1. The van der Waals surface area contributed by atoms with Crippen LogP contribution in [-0.2, 0) is 0 Å². The molecule has 0 spiro atoms. The summed E-state index contributed by atoms with van der Waals surface area (Å²) in [5.41, 5.74) is 2.01. The molecule has 1 N–H and O–H groups in total. The van der Waals surface area contributed by atoms with Gasteiger partial charge in [-0.1, -0.05) is 12.1 Å². The smallest absolute Gasteiger partial charge is 0.336 e. The molecule has 0 radical (unpaired) electrons. The zero-order chi connectivity index (χ0) is 21.8. The zero-order valence-electron chi connectivity index (χ0n) is 17.4. The quantitative estimate of drug-likeness (QED) is 0.441. The van der Waals surface area contributed by atoms with Crippen LogP contribution in [0, 0.1) is 0 Å². The van der Waals surface area contributed by atoms with Gasteiger partial charge in [0.15, 0.2) is 5.82 Å². The summed E-state index contributed by atoms with van der Waals surface area (Å²) in [6, 6.07) is 18.7. The number of amides is 1. The molecule has 4 aromatic rings. The lowest BCUT2D eigenvalue weighted by Gasteiger charge is -2.09. The Morgan fingerprint density at radius 1 is 1.10 bits per heavy atom. The molecule has 0 saturated carbocycles. The van der Waals surface area contributed by atoms with Crippen LogP contribution in [0.15, 0.2) is 66.0 Å². The van der Waals surface area contributed by atoms with Crippen LogP contribution in [0.2, 0.25) is 0 Å². The van der Waals surface area contributed by atoms with Crippen molar-refractivity contribution >= 4 is 22.9 Å². The first-order valence-corrected chi connectivity index (χ1v) is 10.6. The first-order chi connectivity index (χ1) is 15.0. The molecular weight excluding hydrogens is 412 g/mol. The summed E-state index contributed by atoms with van der Waals surface area (Å²) < 4.78 is 12.6. The third-order valence-corrected chi connectivity index (χ3v) is 5.24. The third-order valence-electron chi connectivity index (χ3n) is 4.37. The van der Waals surface area contributed by atoms with E-state index >= 15 is 0 Å². The van der Waals surface area contributed by atoms with Crippen LogP contribution in [-0.4, -0.2) is 33.9 Å². The molecule has 7 nitrogen and oxygen atoms in total. The maximum Gasteiger partial charge on any atom is 0.336 e. The third kappa shape index (κ3) is 4.75. The molecule has 0 aliphatic heterocycles. The van der Waals surface area contributed by atoms with Crippen molar-refractivity contribution in [3.63, 3.8) is 0 Å². The second kappa shape index (κ2) is 9.01. The molecule has 0 aliphatic carbocycles. The van der Waals surface area contributed by atoms with Crippen molar-refractivity contribution in [3.8, 4) is 28.1 Å². The second-order valence-electron chi connectivity index (χ2n) is 7.01. The van der Waals surface area contributed by atoms with Gasteiger partial charge in [0.05, 0.1) is 23.8 Å². The Morgan fingerprint density at radius 3 is 2.58 bits per heavy atom. The van der Waals surface area contributed by atoms with Gasteiger partial charge in [0.2, 0.25) is 0 Å². The number of rotatable bonds is 7. The molecule has 4 rings (SSSR count). The number of nitrogens with one attached hydrogen (secondary N) is 1. The Kier molecular flexibility index (Phi) is 5.99. The van der Waals surface area contributed by atoms with E-state index in [-0.39, 0.29) is 12.0 Å². The summed E-state index contributed by atoms with van der Waals surface area (Å²) >= 11 is 1.58. The van der Waals surface area contributed by atoms with E-state index in [1.54, 1.807) is 47.4 Å². The average molecular weight is 435 g/mol. The number of thiophene rings is 1. The number of ether oxygens (including phenoxy) is 2. The van der Waals surface area contributed by atoms with Crippen molar-refractivity contribution in [2.24, 2.45) is 0 Å². The Hall–Kier alpha value is -3.65. The van der Waals surface area contributed by atoms with E-state index in [9.17, 15) is 4.79 Å². The molecule has 2 heterocycles. The minimum absolute atomic E-state index is 0.0266. The number of carbonyl (C=O) groups excluding carboxylic acids is 1. The van der Waals surface area contributed by atoms with Crippen molar-refractivity contribution in [1.82, 2.24) is 14.8 Å². The molecule has 158 valence electrons. The molecule has 31 heavy (non-hydrogen) atoms. The van der Waals surface area contributed by atoms with Crippen LogP contribution >= 0.6 is 11.3 Å². The minimum Gasteiger partial charge on any atom is -0.497 e. The van der Waals surface area contributed by atoms with Gasteiger partial charge in [-0.3, -0.25) is 4.79 Å². The van der Waals surface area contributed by atoms with Crippen LogP contribution in [0.25, 0.3) is 16.4 Å². The molecule has 0 bridgehead atoms. The van der Waals surface area contributed by atoms with E-state index in [0.29, 0.717) is 28.8 Å². The topological polar surface area (TPSA) is 78.3 Å². The van der Waals surface area contributed by atoms with Gasteiger partial charge in [0, 0.05) is 11.3 Å². The van der Waals surface area contributed by atoms with E-state index in [1.165, 1.54) is 0 Å². The normalized spacial score (nSPS) is 10.8. The minimum atomic E-state index is -0.209. The fraction of sp³-hybridized carbons (Fsp3) is 0.174. The van der Waals surface area contributed by atoms with Gasteiger partial charge in [0.25, 0.3) is 5.91 Å². The lowest BCUT2D eigenvalue weighted by molar-refractivity contribution is 0.102. The van der Waals surface area contributed by atoms with E-state index in [0.717, 1.165) is 10.6 Å². The van der Waals surface area contributed by atoms with Crippen molar-refractivity contribution in [3.05, 3.63) is 71.6 Å². The van der Waals surface area contributed by atoms with Crippen LogP contribution in [0.5, 0.6) is 11.8 Å². The van der Waals surface area contributed by atoms with Crippen LogP contribution < -0.4 is 14.8 Å². The highest BCUT2D eigenvalue weighted by molar-refractivity contribution is 7.13. The first kappa shape index (κ1) is 20.6. The van der Waals surface area contributed by atoms with Gasteiger partial charge in [-0.15, -0.1) is 16.4 Å². The van der Waals surface area contributed by atoms with E-state index in [1.807, 2.05) is 55.6 Å². The Bertz CT molecular complexity index is 1170. The molecule has 0 fully saturated rings. The Labute approximate surface area is 184 Å². The number of aromatic nitrogens is 3. The highest BCUT2D eigenvalue weighted by Crippen LogP contribution is 2.28. The maximum absolute atomic E-state index is 12.5. The summed E-state index contributed by atoms with van der Waals surface area (Å²) in [4.78, 5) is 18.1. The van der Waals surface area contributed by atoms with Gasteiger partial charge >= 0.3 is 6.01 Å². The zero-order valence-corrected chi connectivity index (χ0v) is 18.2. The Morgan fingerprint density at radius 2 is 1.90 bits per heavy atom. The lowest BCUT2D eigenvalue weighted by Crippen LogP contribution is -2.12. The fourth-order valence-corrected chi connectivity index (χ4v) is 3.65. The number of anilines is 1. The molecule has 0 atom stereocenters. The van der Waals surface area contributed by atoms with E-state index in [4.69, 9.17) is 9.47 Å². The highest BCUT2D eigenvalue weighted by Gasteiger charge is 2.16. The molecule has 0 saturated heterocycles. The summed E-state index contributed by atoms with van der Waals surface area (Å²) in [7, 11) is 1.57. The molecule has 2 aromatic carbocycles. The van der Waals surface area contributed by atoms with Crippen molar-refractivity contribution in [1.29, 1.82) is 0 Å². The van der Waals surface area contributed by atoms with Crippen LogP contribution in [0.4, 0.5) is 5.69 Å². The molecule has 0 unspecified atom stereocenters. The van der Waals surface area contributed by atoms with E-state index < -0.39 is 0 Å². The van der Waals surface area contributed by atoms with E-state index in [2.05, 4.69) is 15.4 Å². The average Bonchev–Trinajstić information content (AvgIpc) is 3.44. The fourth-order valence-electron chi connectivity index (χ4n) is 2.95. The largest absolute Gasteiger partial charge is 0.497 e. The summed E-state index contributed by atoms with van der Waals surface area (Å²) in [5, 5.41) is 9.42. The van der Waals surface area contributed by atoms with Crippen molar-refractivity contribution in [2.45, 2.75) is 20.0 Å². The van der Waals surface area contributed by atoms with Gasteiger partial charge in [0.1, 0.15) is 5.75 Å². The van der Waals surface area contributed by atoms with Gasteiger partial charge < -0.3 is 14.8 Å². The number of benzene rings is 2. The number of methoxy groups -OCH3 is 1. The van der Waals surface area contributed by atoms with Crippen molar-refractivity contribution < 1.29 is 14.3 Å². The highest BCUT2D eigenvalue weighted by atomic mass is 32.1. The standard InChI is InChI=1S/C23H22N4O3S/c1-15(2)30-23-25-21(20-8-5-13-31-20)27(26-23)18-11-9-17(10-12-18)24-22(28)16-6-4-7-19(14-16)29-3/h4-15H,1-3H3,(H,24,28). The SMILES string of the molecule is COc1cccc(C(=O)Nc2ccc(-n3nc(OC(C)C)nc3-c3cccs3)cc2)c1. The molecule has 8 heteroatoms.